The van der Waals surface area contributed by atoms with Crippen LogP contribution in [-0.2, 0) is 11.3 Å². The van der Waals surface area contributed by atoms with Gasteiger partial charge in [-0.1, -0.05) is 24.3 Å². The molecule has 3 rings (SSSR count). The van der Waals surface area contributed by atoms with Crippen LogP contribution < -0.4 is 10.6 Å². The van der Waals surface area contributed by atoms with Crippen molar-refractivity contribution in [1.82, 2.24) is 5.32 Å². The highest BCUT2D eigenvalue weighted by Crippen LogP contribution is 2.19. The summed E-state index contributed by atoms with van der Waals surface area (Å²) in [6.45, 7) is 2.95. The predicted molar refractivity (Wildman–Crippen MR) is 91.5 cm³/mol. The molecule has 2 atom stereocenters. The molecule has 0 spiro atoms. The smallest absolute Gasteiger partial charge is 0.251 e. The SMILES string of the molecule is C[C@H]1OCC[C@@H]1Nc1cccc(C(=O)NCc2ccccc2F)c1. The molecule has 0 radical (unpaired) electrons. The highest BCUT2D eigenvalue weighted by atomic mass is 19.1. The molecule has 1 aliphatic heterocycles. The van der Waals surface area contributed by atoms with Crippen molar-refractivity contribution in [3.63, 3.8) is 0 Å². The molecular formula is C19H21FN2O2. The molecule has 1 amide bonds. The second-order valence-electron chi connectivity index (χ2n) is 5.97. The second-order valence-corrected chi connectivity index (χ2v) is 5.97. The van der Waals surface area contributed by atoms with Crippen molar-refractivity contribution < 1.29 is 13.9 Å². The van der Waals surface area contributed by atoms with Crippen LogP contribution in [0.25, 0.3) is 0 Å². The van der Waals surface area contributed by atoms with Crippen molar-refractivity contribution in [1.29, 1.82) is 0 Å². The molecule has 0 unspecified atom stereocenters. The van der Waals surface area contributed by atoms with Crippen LogP contribution >= 0.6 is 0 Å². The first-order valence-corrected chi connectivity index (χ1v) is 8.13. The molecule has 2 aromatic carbocycles. The van der Waals surface area contributed by atoms with Crippen LogP contribution in [0, 0.1) is 5.82 Å². The van der Waals surface area contributed by atoms with Crippen LogP contribution in [-0.4, -0.2) is 24.7 Å². The van der Waals surface area contributed by atoms with Crippen molar-refractivity contribution in [2.75, 3.05) is 11.9 Å². The quantitative estimate of drug-likeness (QED) is 0.885. The van der Waals surface area contributed by atoms with Crippen molar-refractivity contribution in [2.24, 2.45) is 0 Å². The molecule has 1 heterocycles. The number of carbonyl (C=O) groups is 1. The third kappa shape index (κ3) is 3.92. The van der Waals surface area contributed by atoms with Crippen LogP contribution in [0.1, 0.15) is 29.3 Å². The summed E-state index contributed by atoms with van der Waals surface area (Å²) < 4.78 is 19.1. The molecule has 4 nitrogen and oxygen atoms in total. The van der Waals surface area contributed by atoms with E-state index in [1.165, 1.54) is 6.07 Å². The molecule has 0 saturated carbocycles. The zero-order chi connectivity index (χ0) is 16.9. The number of carbonyl (C=O) groups excluding carboxylic acids is 1. The number of benzene rings is 2. The van der Waals surface area contributed by atoms with Crippen molar-refractivity contribution >= 4 is 11.6 Å². The number of rotatable bonds is 5. The molecule has 0 aromatic heterocycles. The lowest BCUT2D eigenvalue weighted by Crippen LogP contribution is -2.27. The van der Waals surface area contributed by atoms with Gasteiger partial charge in [-0.25, -0.2) is 4.39 Å². The van der Waals surface area contributed by atoms with Crippen molar-refractivity contribution in [3.05, 3.63) is 65.5 Å². The number of hydrogen-bond acceptors (Lipinski definition) is 3. The minimum absolute atomic E-state index is 0.156. The van der Waals surface area contributed by atoms with E-state index in [9.17, 15) is 9.18 Å². The van der Waals surface area contributed by atoms with E-state index < -0.39 is 0 Å². The van der Waals surface area contributed by atoms with Gasteiger partial charge in [0.25, 0.3) is 5.91 Å². The number of amides is 1. The summed E-state index contributed by atoms with van der Waals surface area (Å²) >= 11 is 0. The van der Waals surface area contributed by atoms with E-state index in [1.54, 1.807) is 24.3 Å². The third-order valence-electron chi connectivity index (χ3n) is 4.25. The minimum Gasteiger partial charge on any atom is -0.380 e. The van der Waals surface area contributed by atoms with Crippen LogP contribution in [0.4, 0.5) is 10.1 Å². The van der Waals surface area contributed by atoms with Crippen LogP contribution in [0.5, 0.6) is 0 Å². The Morgan fingerprint density at radius 3 is 2.83 bits per heavy atom. The second kappa shape index (κ2) is 7.45. The van der Waals surface area contributed by atoms with E-state index in [0.29, 0.717) is 11.1 Å². The van der Waals surface area contributed by atoms with Crippen LogP contribution in [0.2, 0.25) is 0 Å². The number of halogens is 1. The van der Waals surface area contributed by atoms with E-state index in [2.05, 4.69) is 10.6 Å². The Morgan fingerprint density at radius 2 is 2.08 bits per heavy atom. The highest BCUT2D eigenvalue weighted by Gasteiger charge is 2.23. The van der Waals surface area contributed by atoms with Gasteiger partial charge in [0, 0.05) is 30.0 Å². The van der Waals surface area contributed by atoms with Gasteiger partial charge in [0.15, 0.2) is 0 Å². The normalized spacial score (nSPS) is 19.9. The molecular weight excluding hydrogens is 307 g/mol. The molecule has 2 aromatic rings. The van der Waals surface area contributed by atoms with Gasteiger partial charge in [-0.05, 0) is 37.6 Å². The van der Waals surface area contributed by atoms with Gasteiger partial charge in [0.05, 0.1) is 12.1 Å². The van der Waals surface area contributed by atoms with Gasteiger partial charge in [-0.2, -0.15) is 0 Å². The summed E-state index contributed by atoms with van der Waals surface area (Å²) in [4.78, 5) is 12.3. The Labute approximate surface area is 141 Å². The van der Waals surface area contributed by atoms with Crippen molar-refractivity contribution in [3.8, 4) is 0 Å². The maximum Gasteiger partial charge on any atom is 0.251 e. The Bertz CT molecular complexity index is 720. The lowest BCUT2D eigenvalue weighted by atomic mass is 10.1. The van der Waals surface area contributed by atoms with Crippen molar-refractivity contribution in [2.45, 2.75) is 32.0 Å². The predicted octanol–water partition coefficient (Wildman–Crippen LogP) is 3.35. The first kappa shape index (κ1) is 16.5. The Morgan fingerprint density at radius 1 is 1.25 bits per heavy atom. The first-order valence-electron chi connectivity index (χ1n) is 8.13. The van der Waals surface area contributed by atoms with Gasteiger partial charge in [0.2, 0.25) is 0 Å². The van der Waals surface area contributed by atoms with Crippen LogP contribution in [0.15, 0.2) is 48.5 Å². The summed E-state index contributed by atoms with van der Waals surface area (Å²) in [7, 11) is 0. The molecule has 126 valence electrons. The average molecular weight is 328 g/mol. The number of anilines is 1. The maximum absolute atomic E-state index is 13.6. The summed E-state index contributed by atoms with van der Waals surface area (Å²) in [6.07, 6.45) is 1.11. The summed E-state index contributed by atoms with van der Waals surface area (Å²) in [5.41, 5.74) is 1.90. The Balaban J connectivity index is 1.62. The minimum atomic E-state index is -0.316. The van der Waals surface area contributed by atoms with Gasteiger partial charge in [-0.15, -0.1) is 0 Å². The Hall–Kier alpha value is -2.40. The van der Waals surface area contributed by atoms with Gasteiger partial charge < -0.3 is 15.4 Å². The van der Waals surface area contributed by atoms with E-state index in [1.807, 2.05) is 25.1 Å². The Kier molecular flexibility index (Phi) is 5.11. The number of ether oxygens (including phenoxy) is 1. The largest absolute Gasteiger partial charge is 0.380 e. The molecule has 1 saturated heterocycles. The average Bonchev–Trinajstić information content (AvgIpc) is 2.99. The van der Waals surface area contributed by atoms with E-state index in [-0.39, 0.29) is 30.4 Å². The lowest BCUT2D eigenvalue weighted by molar-refractivity contribution is 0.0950. The summed E-state index contributed by atoms with van der Waals surface area (Å²) in [6, 6.07) is 14.0. The lowest BCUT2D eigenvalue weighted by Gasteiger charge is -2.17. The molecule has 1 aliphatic rings. The fourth-order valence-electron chi connectivity index (χ4n) is 2.80. The fourth-order valence-corrected chi connectivity index (χ4v) is 2.80. The van der Waals surface area contributed by atoms with Gasteiger partial charge in [-0.3, -0.25) is 4.79 Å². The highest BCUT2D eigenvalue weighted by molar-refractivity contribution is 5.95. The molecule has 24 heavy (non-hydrogen) atoms. The molecule has 1 fully saturated rings. The molecule has 0 bridgehead atoms. The maximum atomic E-state index is 13.6. The first-order chi connectivity index (χ1) is 11.6. The summed E-state index contributed by atoms with van der Waals surface area (Å²) in [5.74, 6) is -0.541. The van der Waals surface area contributed by atoms with Crippen LogP contribution in [0.3, 0.4) is 0 Å². The van der Waals surface area contributed by atoms with Gasteiger partial charge >= 0.3 is 0 Å². The summed E-state index contributed by atoms with van der Waals surface area (Å²) in [5, 5.41) is 6.16. The monoisotopic (exact) mass is 328 g/mol. The number of nitrogens with one attached hydrogen (secondary N) is 2. The number of hydrogen-bond donors (Lipinski definition) is 2. The zero-order valence-electron chi connectivity index (χ0n) is 13.6. The van der Waals surface area contributed by atoms with Gasteiger partial charge in [0.1, 0.15) is 5.82 Å². The molecule has 2 N–H and O–H groups in total. The van der Waals surface area contributed by atoms with E-state index >= 15 is 0 Å². The standard InChI is InChI=1S/C19H21FN2O2/c1-13-18(9-10-24-13)22-16-7-4-6-14(11-16)19(23)21-12-15-5-2-3-8-17(15)20/h2-8,11,13,18,22H,9-10,12H2,1H3,(H,21,23)/t13-,18+/m1/s1. The topological polar surface area (TPSA) is 50.4 Å². The fraction of sp³-hybridized carbons (Fsp3) is 0.316. The van der Waals surface area contributed by atoms with E-state index in [4.69, 9.17) is 4.74 Å². The van der Waals surface area contributed by atoms with E-state index in [0.717, 1.165) is 18.7 Å². The molecule has 0 aliphatic carbocycles. The third-order valence-corrected chi connectivity index (χ3v) is 4.25. The zero-order valence-corrected chi connectivity index (χ0v) is 13.6. The molecule has 5 heteroatoms.